The van der Waals surface area contributed by atoms with E-state index >= 15 is 0 Å². The van der Waals surface area contributed by atoms with Crippen LogP contribution in [0.15, 0.2) is 65.7 Å². The summed E-state index contributed by atoms with van der Waals surface area (Å²) in [6.07, 6.45) is 1.55. The molecule has 3 heterocycles. The van der Waals surface area contributed by atoms with Crippen LogP contribution in [0.5, 0.6) is 0 Å². The first-order chi connectivity index (χ1) is 15.0. The highest BCUT2D eigenvalue weighted by Gasteiger charge is 2.19. The summed E-state index contributed by atoms with van der Waals surface area (Å²) in [7, 11) is 0. The van der Waals surface area contributed by atoms with E-state index in [1.165, 1.54) is 0 Å². The molecule has 0 saturated heterocycles. The van der Waals surface area contributed by atoms with Gasteiger partial charge in [0.1, 0.15) is 5.52 Å². The van der Waals surface area contributed by atoms with Crippen LogP contribution in [0.4, 0.5) is 11.8 Å². The van der Waals surface area contributed by atoms with Crippen molar-refractivity contribution in [3.05, 3.63) is 82.5 Å². The average Bonchev–Trinajstić information content (AvgIpc) is 3.22. The molecule has 0 bridgehead atoms. The van der Waals surface area contributed by atoms with Crippen LogP contribution in [0.1, 0.15) is 24.2 Å². The van der Waals surface area contributed by atoms with E-state index < -0.39 is 0 Å². The Hall–Kier alpha value is -4.20. The van der Waals surface area contributed by atoms with Gasteiger partial charge in [-0.05, 0) is 43.0 Å². The Morgan fingerprint density at radius 3 is 2.71 bits per heavy atom. The first kappa shape index (κ1) is 18.8. The summed E-state index contributed by atoms with van der Waals surface area (Å²) in [5.74, 6) is 0.660. The molecular weight excluding hydrogens is 390 g/mol. The maximum absolute atomic E-state index is 13.6. The van der Waals surface area contributed by atoms with Crippen molar-refractivity contribution >= 4 is 33.7 Å². The van der Waals surface area contributed by atoms with E-state index in [1.54, 1.807) is 10.9 Å². The fourth-order valence-electron chi connectivity index (χ4n) is 3.95. The lowest BCUT2D eigenvalue weighted by Gasteiger charge is -2.22. The largest absolute Gasteiger partial charge is 0.368 e. The Morgan fingerprint density at radius 1 is 1.10 bits per heavy atom. The van der Waals surface area contributed by atoms with E-state index in [-0.39, 0.29) is 17.5 Å². The number of nitrogens with one attached hydrogen (secondary N) is 2. The molecule has 3 aromatic heterocycles. The number of para-hydroxylation sites is 1. The van der Waals surface area contributed by atoms with Crippen LogP contribution in [0.2, 0.25) is 0 Å². The zero-order valence-electron chi connectivity index (χ0n) is 17.1. The third-order valence-corrected chi connectivity index (χ3v) is 5.40. The van der Waals surface area contributed by atoms with Crippen molar-refractivity contribution in [2.75, 3.05) is 11.1 Å². The molecule has 8 heteroatoms. The van der Waals surface area contributed by atoms with E-state index in [0.717, 1.165) is 22.3 Å². The molecule has 0 saturated carbocycles. The molecule has 0 aliphatic carbocycles. The Kier molecular flexibility index (Phi) is 4.39. The SMILES string of the molecule is Cc1cccc2cc(C(C)Nc3nc(N)nc4nc[nH]c34)n(-c3ccccc3)c(=O)c12. The molecule has 5 aromatic rings. The number of aromatic amines is 1. The second-order valence-corrected chi connectivity index (χ2v) is 7.48. The van der Waals surface area contributed by atoms with E-state index in [9.17, 15) is 4.79 Å². The molecular formula is C23H21N7O. The fourth-order valence-corrected chi connectivity index (χ4v) is 3.95. The fraction of sp³-hybridized carbons (Fsp3) is 0.130. The minimum absolute atomic E-state index is 0.0562. The first-order valence-electron chi connectivity index (χ1n) is 9.97. The highest BCUT2D eigenvalue weighted by Crippen LogP contribution is 2.27. The normalized spacial score (nSPS) is 12.3. The van der Waals surface area contributed by atoms with Crippen molar-refractivity contribution in [1.29, 1.82) is 0 Å². The third-order valence-electron chi connectivity index (χ3n) is 5.40. The van der Waals surface area contributed by atoms with Gasteiger partial charge in [0.2, 0.25) is 5.95 Å². The zero-order chi connectivity index (χ0) is 21.5. The number of nitrogens with two attached hydrogens (primary N) is 1. The smallest absolute Gasteiger partial charge is 0.263 e. The van der Waals surface area contributed by atoms with Crippen LogP contribution in [0.3, 0.4) is 0 Å². The number of hydrogen-bond acceptors (Lipinski definition) is 6. The number of fused-ring (bicyclic) bond motifs is 2. The number of anilines is 2. The summed E-state index contributed by atoms with van der Waals surface area (Å²) in [5, 5.41) is 4.99. The van der Waals surface area contributed by atoms with Gasteiger partial charge >= 0.3 is 0 Å². The summed E-state index contributed by atoms with van der Waals surface area (Å²) in [6.45, 7) is 3.94. The van der Waals surface area contributed by atoms with Crippen molar-refractivity contribution in [1.82, 2.24) is 24.5 Å². The van der Waals surface area contributed by atoms with Crippen molar-refractivity contribution in [2.24, 2.45) is 0 Å². The van der Waals surface area contributed by atoms with Gasteiger partial charge in [-0.15, -0.1) is 0 Å². The van der Waals surface area contributed by atoms with Crippen LogP contribution in [0, 0.1) is 6.92 Å². The molecule has 8 nitrogen and oxygen atoms in total. The van der Waals surface area contributed by atoms with Crippen LogP contribution < -0.4 is 16.6 Å². The molecule has 154 valence electrons. The molecule has 0 aliphatic heterocycles. The standard InChI is InChI=1S/C23H21N7O/c1-13-7-6-8-15-11-17(30(22(31)18(13)15)16-9-4-3-5-10-16)14(2)27-21-19-20(26-12-25-19)28-23(24)29-21/h3-12,14H,1-2H3,(H4,24,25,26,27,28,29). The molecule has 0 amide bonds. The number of imidazole rings is 1. The molecule has 4 N–H and O–H groups in total. The van der Waals surface area contributed by atoms with Gasteiger partial charge in [0, 0.05) is 11.4 Å². The van der Waals surface area contributed by atoms with Crippen molar-refractivity contribution in [3.63, 3.8) is 0 Å². The monoisotopic (exact) mass is 411 g/mol. The van der Waals surface area contributed by atoms with E-state index in [2.05, 4.69) is 25.3 Å². The predicted molar refractivity (Wildman–Crippen MR) is 122 cm³/mol. The first-order valence-corrected chi connectivity index (χ1v) is 9.97. The lowest BCUT2D eigenvalue weighted by Crippen LogP contribution is -2.26. The topological polar surface area (TPSA) is 115 Å². The van der Waals surface area contributed by atoms with Gasteiger partial charge in [0.05, 0.1) is 17.8 Å². The van der Waals surface area contributed by atoms with Gasteiger partial charge in [0.25, 0.3) is 5.56 Å². The number of rotatable bonds is 4. The van der Waals surface area contributed by atoms with Crippen LogP contribution in [-0.4, -0.2) is 24.5 Å². The van der Waals surface area contributed by atoms with Crippen LogP contribution >= 0.6 is 0 Å². The second kappa shape index (κ2) is 7.24. The van der Waals surface area contributed by atoms with Crippen molar-refractivity contribution in [2.45, 2.75) is 19.9 Å². The molecule has 2 aromatic carbocycles. The van der Waals surface area contributed by atoms with Gasteiger partial charge < -0.3 is 16.0 Å². The van der Waals surface area contributed by atoms with Gasteiger partial charge in [0.15, 0.2) is 11.5 Å². The summed E-state index contributed by atoms with van der Waals surface area (Å²) < 4.78 is 1.75. The number of H-pyrrole nitrogens is 1. The van der Waals surface area contributed by atoms with E-state index in [0.29, 0.717) is 22.4 Å². The Labute approximate surface area is 177 Å². The molecule has 31 heavy (non-hydrogen) atoms. The second-order valence-electron chi connectivity index (χ2n) is 7.48. The number of aryl methyl sites for hydroxylation is 1. The number of hydrogen-bond donors (Lipinski definition) is 3. The minimum Gasteiger partial charge on any atom is -0.368 e. The zero-order valence-corrected chi connectivity index (χ0v) is 17.1. The predicted octanol–water partition coefficient (Wildman–Crippen LogP) is 3.72. The highest BCUT2D eigenvalue weighted by molar-refractivity contribution is 5.86. The third kappa shape index (κ3) is 3.18. The lowest BCUT2D eigenvalue weighted by atomic mass is 10.0. The van der Waals surface area contributed by atoms with Crippen LogP contribution in [0.25, 0.3) is 27.6 Å². The minimum atomic E-state index is -0.265. The number of benzene rings is 2. The summed E-state index contributed by atoms with van der Waals surface area (Å²) in [4.78, 5) is 29.3. The van der Waals surface area contributed by atoms with E-state index in [1.807, 2.05) is 68.4 Å². The van der Waals surface area contributed by atoms with Crippen LogP contribution in [-0.2, 0) is 0 Å². The number of aromatic nitrogens is 5. The van der Waals surface area contributed by atoms with Gasteiger partial charge in [-0.1, -0.05) is 36.4 Å². The average molecular weight is 411 g/mol. The Morgan fingerprint density at radius 2 is 1.90 bits per heavy atom. The highest BCUT2D eigenvalue weighted by atomic mass is 16.1. The lowest BCUT2D eigenvalue weighted by molar-refractivity contribution is 0.774. The quantitative estimate of drug-likeness (QED) is 0.415. The molecule has 5 rings (SSSR count). The van der Waals surface area contributed by atoms with Gasteiger partial charge in [-0.3, -0.25) is 9.36 Å². The van der Waals surface area contributed by atoms with Gasteiger partial charge in [-0.2, -0.15) is 9.97 Å². The van der Waals surface area contributed by atoms with Gasteiger partial charge in [-0.25, -0.2) is 4.98 Å². The molecule has 0 aliphatic rings. The summed E-state index contributed by atoms with van der Waals surface area (Å²) in [6, 6.07) is 17.3. The number of nitrogens with zero attached hydrogens (tertiary/aromatic N) is 4. The maximum atomic E-state index is 13.6. The summed E-state index contributed by atoms with van der Waals surface area (Å²) in [5.41, 5.74) is 9.50. The molecule has 0 spiro atoms. The molecule has 0 fully saturated rings. The molecule has 1 unspecified atom stereocenters. The molecule has 1 atom stereocenters. The van der Waals surface area contributed by atoms with Crippen molar-refractivity contribution in [3.8, 4) is 5.69 Å². The maximum Gasteiger partial charge on any atom is 0.263 e. The molecule has 0 radical (unpaired) electrons. The number of nitrogen functional groups attached to an aromatic ring is 1. The number of pyridine rings is 1. The Balaban J connectivity index is 1.71. The van der Waals surface area contributed by atoms with Crippen molar-refractivity contribution < 1.29 is 0 Å². The Bertz CT molecular complexity index is 1470. The summed E-state index contributed by atoms with van der Waals surface area (Å²) >= 11 is 0. The van der Waals surface area contributed by atoms with E-state index in [4.69, 9.17) is 5.73 Å².